The molecule has 5 N–H and O–H groups in total. The second-order valence-corrected chi connectivity index (χ2v) is 6.73. The third-order valence-electron chi connectivity index (χ3n) is 4.86. The van der Waals surface area contributed by atoms with E-state index in [9.17, 15) is 0 Å². The fraction of sp³-hybridized carbons (Fsp3) is 0.143. The number of nitrogens with one attached hydrogen (secondary N) is 3. The summed E-state index contributed by atoms with van der Waals surface area (Å²) in [4.78, 5) is 17.2. The van der Waals surface area contributed by atoms with Gasteiger partial charge >= 0.3 is 0 Å². The molecule has 0 saturated heterocycles. The highest BCUT2D eigenvalue weighted by Crippen LogP contribution is 2.27. The number of fused-ring (bicyclic) bond motifs is 2. The molecule has 1 atom stereocenters. The molecule has 2 aromatic heterocycles. The molecule has 3 heterocycles. The largest absolute Gasteiger partial charge is 0.368 e. The molecule has 2 aromatic carbocycles. The van der Waals surface area contributed by atoms with Crippen LogP contribution in [0.15, 0.2) is 70.9 Å². The monoisotopic (exact) mass is 387 g/mol. The Hall–Kier alpha value is -3.78. The van der Waals surface area contributed by atoms with Crippen LogP contribution in [0.1, 0.15) is 6.92 Å². The van der Waals surface area contributed by atoms with E-state index in [1.165, 1.54) is 0 Å². The zero-order valence-electron chi connectivity index (χ0n) is 15.9. The lowest BCUT2D eigenvalue weighted by molar-refractivity contribution is 0.0751. The molecule has 0 aliphatic carbocycles. The smallest absolute Gasteiger partial charge is 0.238 e. The molecule has 0 spiro atoms. The summed E-state index contributed by atoms with van der Waals surface area (Å²) < 4.78 is 5.86. The van der Waals surface area contributed by atoms with Crippen LogP contribution in [0.4, 0.5) is 11.4 Å². The van der Waals surface area contributed by atoms with Gasteiger partial charge in [-0.2, -0.15) is 9.98 Å². The molecule has 0 fully saturated rings. The lowest BCUT2D eigenvalue weighted by Crippen LogP contribution is -2.49. The van der Waals surface area contributed by atoms with Crippen molar-refractivity contribution < 1.29 is 4.74 Å². The van der Waals surface area contributed by atoms with Crippen LogP contribution in [0, 0.1) is 0 Å². The van der Waals surface area contributed by atoms with Gasteiger partial charge in [0.25, 0.3) is 0 Å². The number of hydrogen-bond acceptors (Lipinski definition) is 6. The molecule has 0 bridgehead atoms. The highest BCUT2D eigenvalue weighted by atomic mass is 16.5. The molecule has 0 saturated carbocycles. The van der Waals surface area contributed by atoms with Gasteiger partial charge in [-0.1, -0.05) is 12.1 Å². The van der Waals surface area contributed by atoms with E-state index in [0.717, 1.165) is 33.2 Å². The molecule has 1 unspecified atom stereocenters. The lowest BCUT2D eigenvalue weighted by atomic mass is 10.2. The van der Waals surface area contributed by atoms with Gasteiger partial charge in [-0.25, -0.2) is 0 Å². The van der Waals surface area contributed by atoms with Gasteiger partial charge in [0, 0.05) is 35.7 Å². The molecular formula is C21H21N7O. The molecule has 8 nitrogen and oxygen atoms in total. The highest BCUT2D eigenvalue weighted by molar-refractivity contribution is 6.12. The molecular weight excluding hydrogens is 366 g/mol. The Labute approximate surface area is 167 Å². The van der Waals surface area contributed by atoms with Gasteiger partial charge in [-0.3, -0.25) is 4.90 Å². The first-order valence-electron chi connectivity index (χ1n) is 9.45. The van der Waals surface area contributed by atoms with Crippen LogP contribution in [-0.4, -0.2) is 34.8 Å². The number of rotatable bonds is 4. The minimum Gasteiger partial charge on any atom is -0.368 e. The van der Waals surface area contributed by atoms with Gasteiger partial charge in [-0.05, 0) is 54.1 Å². The number of benzene rings is 2. The fourth-order valence-electron chi connectivity index (χ4n) is 3.51. The van der Waals surface area contributed by atoms with Crippen LogP contribution < -0.4 is 16.0 Å². The van der Waals surface area contributed by atoms with Crippen molar-refractivity contribution in [3.63, 3.8) is 0 Å². The Balaban J connectivity index is 1.56. The quantitative estimate of drug-likeness (QED) is 0.429. The van der Waals surface area contributed by atoms with Gasteiger partial charge in [0.15, 0.2) is 0 Å². The number of nitrogens with zero attached hydrogens (tertiary/aromatic N) is 3. The van der Waals surface area contributed by atoms with Gasteiger partial charge < -0.3 is 25.8 Å². The van der Waals surface area contributed by atoms with Crippen LogP contribution in [0.3, 0.4) is 0 Å². The van der Waals surface area contributed by atoms with Crippen LogP contribution in [0.25, 0.3) is 21.8 Å². The Bertz CT molecular complexity index is 1240. The van der Waals surface area contributed by atoms with Crippen molar-refractivity contribution in [2.75, 3.05) is 16.8 Å². The standard InChI is InChI=1S/C21H21N7O/c1-2-29-21-27-19(22)26-20(25-15-5-3-13-7-9-23-17(13)11-15)28(21)16-6-4-14-8-10-24-18(14)12-16/h3-12,21,23-24H,2H2,1H3,(H3,22,25,26,27). The van der Waals surface area contributed by atoms with Crippen molar-refractivity contribution in [3.8, 4) is 0 Å². The van der Waals surface area contributed by atoms with Gasteiger partial charge in [0.2, 0.25) is 18.3 Å². The molecule has 5 rings (SSSR count). The van der Waals surface area contributed by atoms with Crippen molar-refractivity contribution in [2.24, 2.45) is 15.7 Å². The first-order chi connectivity index (χ1) is 14.2. The Morgan fingerprint density at radius 3 is 2.52 bits per heavy atom. The van der Waals surface area contributed by atoms with Crippen molar-refractivity contribution in [3.05, 3.63) is 60.9 Å². The number of aliphatic imine (C=N–C) groups is 2. The number of aromatic nitrogens is 2. The molecule has 1 aliphatic heterocycles. The van der Waals surface area contributed by atoms with Gasteiger partial charge in [0.05, 0.1) is 5.69 Å². The number of aromatic amines is 2. The summed E-state index contributed by atoms with van der Waals surface area (Å²) in [5.74, 6) is 0.719. The Kier molecular flexibility index (Phi) is 4.18. The summed E-state index contributed by atoms with van der Waals surface area (Å²) in [5, 5.41) is 5.65. The molecule has 146 valence electrons. The second kappa shape index (κ2) is 6.99. The first-order valence-corrected chi connectivity index (χ1v) is 9.45. The van der Waals surface area contributed by atoms with E-state index < -0.39 is 6.35 Å². The summed E-state index contributed by atoms with van der Waals surface area (Å²) in [7, 11) is 0. The zero-order chi connectivity index (χ0) is 19.8. The number of anilines is 2. The summed E-state index contributed by atoms with van der Waals surface area (Å²) in [6.07, 6.45) is 3.22. The highest BCUT2D eigenvalue weighted by Gasteiger charge is 2.28. The Morgan fingerprint density at radius 2 is 1.76 bits per heavy atom. The van der Waals surface area contributed by atoms with Crippen molar-refractivity contribution in [2.45, 2.75) is 13.3 Å². The maximum atomic E-state index is 5.99. The average Bonchev–Trinajstić information content (AvgIpc) is 3.36. The van der Waals surface area contributed by atoms with E-state index in [1.54, 1.807) is 0 Å². The number of hydrogen-bond donors (Lipinski definition) is 4. The van der Waals surface area contributed by atoms with E-state index in [0.29, 0.717) is 12.6 Å². The summed E-state index contributed by atoms with van der Waals surface area (Å²) in [6.45, 7) is 2.42. The minimum absolute atomic E-state index is 0.170. The number of nitrogens with two attached hydrogens (primary N) is 1. The van der Waals surface area contributed by atoms with Crippen molar-refractivity contribution in [1.29, 1.82) is 0 Å². The van der Waals surface area contributed by atoms with Crippen molar-refractivity contribution in [1.82, 2.24) is 9.97 Å². The second-order valence-electron chi connectivity index (χ2n) is 6.73. The molecule has 4 aromatic rings. The molecule has 0 radical (unpaired) electrons. The molecule has 29 heavy (non-hydrogen) atoms. The summed E-state index contributed by atoms with van der Waals surface area (Å²) in [6, 6.07) is 16.3. The maximum Gasteiger partial charge on any atom is 0.238 e. The fourth-order valence-corrected chi connectivity index (χ4v) is 3.51. The number of ether oxygens (including phenoxy) is 1. The molecule has 1 aliphatic rings. The van der Waals surface area contributed by atoms with Crippen LogP contribution >= 0.6 is 0 Å². The van der Waals surface area contributed by atoms with E-state index in [2.05, 4.69) is 31.3 Å². The average molecular weight is 387 g/mol. The van der Waals surface area contributed by atoms with Crippen LogP contribution in [0.2, 0.25) is 0 Å². The van der Waals surface area contributed by atoms with E-state index in [4.69, 9.17) is 10.5 Å². The third-order valence-corrected chi connectivity index (χ3v) is 4.86. The van der Waals surface area contributed by atoms with E-state index in [1.807, 2.05) is 66.7 Å². The Morgan fingerprint density at radius 1 is 1.03 bits per heavy atom. The molecule has 8 heteroatoms. The predicted molar refractivity (Wildman–Crippen MR) is 117 cm³/mol. The van der Waals surface area contributed by atoms with Crippen LogP contribution in [0.5, 0.6) is 0 Å². The van der Waals surface area contributed by atoms with E-state index in [-0.39, 0.29) is 5.96 Å². The normalized spacial score (nSPS) is 16.9. The summed E-state index contributed by atoms with van der Waals surface area (Å²) >= 11 is 0. The van der Waals surface area contributed by atoms with Gasteiger partial charge in [-0.15, -0.1) is 0 Å². The topological polar surface area (TPSA) is 107 Å². The maximum absolute atomic E-state index is 5.99. The first kappa shape index (κ1) is 17.3. The zero-order valence-corrected chi connectivity index (χ0v) is 15.9. The molecule has 0 amide bonds. The SMILES string of the molecule is CCOC1N=C(N)N=C(Nc2ccc3cc[nH]c3c2)N1c1ccc2cc[nH]c2c1. The number of guanidine groups is 2. The van der Waals surface area contributed by atoms with Crippen molar-refractivity contribution >= 4 is 45.1 Å². The number of H-pyrrole nitrogens is 2. The van der Waals surface area contributed by atoms with E-state index >= 15 is 0 Å². The van der Waals surface area contributed by atoms with Crippen LogP contribution in [-0.2, 0) is 4.74 Å². The lowest BCUT2D eigenvalue weighted by Gasteiger charge is -2.34. The predicted octanol–water partition coefficient (Wildman–Crippen LogP) is 3.57. The summed E-state index contributed by atoms with van der Waals surface area (Å²) in [5.41, 5.74) is 9.82. The third kappa shape index (κ3) is 3.19. The minimum atomic E-state index is -0.610. The van der Waals surface area contributed by atoms with Gasteiger partial charge in [0.1, 0.15) is 0 Å².